The van der Waals surface area contributed by atoms with Crippen molar-refractivity contribution in [1.82, 2.24) is 10.3 Å². The van der Waals surface area contributed by atoms with Gasteiger partial charge in [0.05, 0.1) is 6.26 Å². The summed E-state index contributed by atoms with van der Waals surface area (Å²) in [6.07, 6.45) is 4.10. The fourth-order valence-corrected chi connectivity index (χ4v) is 2.82. The number of carbonyl (C=O) groups excluding carboxylic acids is 1. The Morgan fingerprint density at radius 3 is 2.77 bits per heavy atom. The number of aromatic nitrogens is 1. The van der Waals surface area contributed by atoms with Crippen molar-refractivity contribution in [1.29, 1.82) is 0 Å². The summed E-state index contributed by atoms with van der Waals surface area (Å²) in [5.41, 5.74) is 0.875. The van der Waals surface area contributed by atoms with E-state index >= 15 is 0 Å². The molecule has 3 aromatic rings. The Labute approximate surface area is 149 Å². The van der Waals surface area contributed by atoms with Gasteiger partial charge in [-0.2, -0.15) is 0 Å². The van der Waals surface area contributed by atoms with E-state index in [2.05, 4.69) is 10.3 Å². The smallest absolute Gasteiger partial charge is 0.224 e. The highest BCUT2D eigenvalue weighted by molar-refractivity contribution is 5.82. The highest BCUT2D eigenvalue weighted by Crippen LogP contribution is 2.47. The number of carbonyl (C=O) groups is 1. The van der Waals surface area contributed by atoms with E-state index in [-0.39, 0.29) is 23.6 Å². The Bertz CT molecular complexity index is 876. The zero-order valence-electron chi connectivity index (χ0n) is 13.9. The Morgan fingerprint density at radius 1 is 1.23 bits per heavy atom. The number of pyridine rings is 1. The Hall–Kier alpha value is -3.15. The molecule has 0 saturated heterocycles. The number of nitrogens with one attached hydrogen (secondary N) is 1. The van der Waals surface area contributed by atoms with Gasteiger partial charge in [-0.05, 0) is 48.4 Å². The van der Waals surface area contributed by atoms with Gasteiger partial charge in [0, 0.05) is 30.6 Å². The van der Waals surface area contributed by atoms with E-state index in [4.69, 9.17) is 9.15 Å². The van der Waals surface area contributed by atoms with Crippen LogP contribution in [0.15, 0.2) is 65.4 Å². The van der Waals surface area contributed by atoms with Crippen molar-refractivity contribution < 1.29 is 18.3 Å². The van der Waals surface area contributed by atoms with Crippen LogP contribution in [0.3, 0.4) is 0 Å². The molecule has 1 aliphatic carbocycles. The number of rotatable bonds is 6. The fraction of sp³-hybridized carbons (Fsp3) is 0.200. The molecule has 1 fully saturated rings. The van der Waals surface area contributed by atoms with Gasteiger partial charge in [-0.15, -0.1) is 0 Å². The Kier molecular flexibility index (Phi) is 4.39. The van der Waals surface area contributed by atoms with Crippen molar-refractivity contribution in [2.75, 3.05) is 0 Å². The standard InChI is InChI=1S/C20H17FN2O3/c21-14-4-6-15(7-5-14)26-19-8-3-13(11-22-19)12-23-20(24)17-10-16(17)18-2-1-9-25-18/h1-9,11,16-17H,10,12H2,(H,23,24). The predicted octanol–water partition coefficient (Wildman–Crippen LogP) is 4.03. The molecule has 4 rings (SSSR count). The third-order valence-corrected chi connectivity index (χ3v) is 4.34. The van der Waals surface area contributed by atoms with E-state index in [1.165, 1.54) is 24.3 Å². The second kappa shape index (κ2) is 7.00. The molecular weight excluding hydrogens is 335 g/mol. The number of benzene rings is 1. The van der Waals surface area contributed by atoms with Crippen LogP contribution >= 0.6 is 0 Å². The molecule has 2 heterocycles. The van der Waals surface area contributed by atoms with Gasteiger partial charge in [-0.3, -0.25) is 4.79 Å². The number of furan rings is 1. The summed E-state index contributed by atoms with van der Waals surface area (Å²) in [6.45, 7) is 0.407. The quantitative estimate of drug-likeness (QED) is 0.728. The summed E-state index contributed by atoms with van der Waals surface area (Å²) in [4.78, 5) is 16.4. The molecule has 1 amide bonds. The fourth-order valence-electron chi connectivity index (χ4n) is 2.82. The lowest BCUT2D eigenvalue weighted by Gasteiger charge is -2.07. The van der Waals surface area contributed by atoms with Crippen LogP contribution in [0.4, 0.5) is 4.39 Å². The minimum atomic E-state index is -0.318. The number of amides is 1. The number of ether oxygens (including phenoxy) is 1. The van der Waals surface area contributed by atoms with Crippen LogP contribution in [-0.2, 0) is 11.3 Å². The summed E-state index contributed by atoms with van der Waals surface area (Å²) >= 11 is 0. The van der Waals surface area contributed by atoms with Gasteiger partial charge in [0.2, 0.25) is 11.8 Å². The number of hydrogen-bond acceptors (Lipinski definition) is 4. The van der Waals surface area contributed by atoms with Crippen LogP contribution < -0.4 is 10.1 Å². The van der Waals surface area contributed by atoms with Crippen LogP contribution in [0, 0.1) is 11.7 Å². The molecule has 2 atom stereocenters. The van der Waals surface area contributed by atoms with Crippen molar-refractivity contribution in [3.8, 4) is 11.6 Å². The van der Waals surface area contributed by atoms with Crippen LogP contribution in [-0.4, -0.2) is 10.9 Å². The molecule has 6 heteroatoms. The summed E-state index contributed by atoms with van der Waals surface area (Å²) in [7, 11) is 0. The summed E-state index contributed by atoms with van der Waals surface area (Å²) < 4.78 is 23.8. The predicted molar refractivity (Wildman–Crippen MR) is 92.1 cm³/mol. The van der Waals surface area contributed by atoms with Gasteiger partial charge in [-0.1, -0.05) is 6.07 Å². The number of hydrogen-bond donors (Lipinski definition) is 1. The summed E-state index contributed by atoms with van der Waals surface area (Å²) in [5, 5.41) is 2.93. The normalized spacial score (nSPS) is 18.3. The lowest BCUT2D eigenvalue weighted by atomic mass is 10.2. The summed E-state index contributed by atoms with van der Waals surface area (Å²) in [6, 6.07) is 13.0. The Balaban J connectivity index is 1.28. The molecule has 0 radical (unpaired) electrons. The first-order valence-corrected chi connectivity index (χ1v) is 8.38. The molecular formula is C20H17FN2O3. The molecule has 1 aliphatic rings. The average Bonchev–Trinajstić information content (AvgIpc) is 3.28. The van der Waals surface area contributed by atoms with Crippen molar-refractivity contribution in [2.45, 2.75) is 18.9 Å². The lowest BCUT2D eigenvalue weighted by molar-refractivity contribution is -0.122. The van der Waals surface area contributed by atoms with Crippen LogP contribution in [0.1, 0.15) is 23.7 Å². The lowest BCUT2D eigenvalue weighted by Crippen LogP contribution is -2.24. The highest BCUT2D eigenvalue weighted by Gasteiger charge is 2.45. The Morgan fingerprint density at radius 2 is 2.08 bits per heavy atom. The maximum absolute atomic E-state index is 12.9. The largest absolute Gasteiger partial charge is 0.469 e. The maximum Gasteiger partial charge on any atom is 0.224 e. The van der Waals surface area contributed by atoms with Crippen LogP contribution in [0.25, 0.3) is 0 Å². The minimum Gasteiger partial charge on any atom is -0.469 e. The zero-order valence-corrected chi connectivity index (χ0v) is 13.9. The van der Waals surface area contributed by atoms with E-state index in [0.717, 1.165) is 17.7 Å². The number of nitrogens with zero attached hydrogens (tertiary/aromatic N) is 1. The van der Waals surface area contributed by atoms with Crippen molar-refractivity contribution in [3.05, 3.63) is 78.1 Å². The molecule has 1 aromatic carbocycles. The van der Waals surface area contributed by atoms with E-state index < -0.39 is 0 Å². The summed E-state index contributed by atoms with van der Waals surface area (Å²) in [5.74, 6) is 1.67. The van der Waals surface area contributed by atoms with Gasteiger partial charge in [0.25, 0.3) is 0 Å². The molecule has 26 heavy (non-hydrogen) atoms. The monoisotopic (exact) mass is 352 g/mol. The second-order valence-electron chi connectivity index (χ2n) is 6.24. The van der Waals surface area contributed by atoms with Crippen molar-refractivity contribution in [2.24, 2.45) is 5.92 Å². The van der Waals surface area contributed by atoms with Crippen LogP contribution in [0.5, 0.6) is 11.6 Å². The van der Waals surface area contributed by atoms with E-state index in [0.29, 0.717) is 18.2 Å². The molecule has 1 N–H and O–H groups in total. The number of halogens is 1. The first-order chi connectivity index (χ1) is 12.7. The third-order valence-electron chi connectivity index (χ3n) is 4.34. The van der Waals surface area contributed by atoms with E-state index in [1.54, 1.807) is 18.5 Å². The highest BCUT2D eigenvalue weighted by atomic mass is 19.1. The third kappa shape index (κ3) is 3.74. The molecule has 0 bridgehead atoms. The van der Waals surface area contributed by atoms with Gasteiger partial charge in [-0.25, -0.2) is 9.37 Å². The van der Waals surface area contributed by atoms with Gasteiger partial charge >= 0.3 is 0 Å². The SMILES string of the molecule is O=C(NCc1ccc(Oc2ccc(F)cc2)nc1)C1CC1c1ccco1. The van der Waals surface area contributed by atoms with E-state index in [9.17, 15) is 9.18 Å². The average molecular weight is 352 g/mol. The second-order valence-corrected chi connectivity index (χ2v) is 6.24. The molecule has 1 saturated carbocycles. The first kappa shape index (κ1) is 16.3. The topological polar surface area (TPSA) is 64.4 Å². The molecule has 132 valence electrons. The zero-order chi connectivity index (χ0) is 17.9. The maximum atomic E-state index is 12.9. The molecule has 5 nitrogen and oxygen atoms in total. The van der Waals surface area contributed by atoms with Crippen molar-refractivity contribution >= 4 is 5.91 Å². The molecule has 2 aromatic heterocycles. The van der Waals surface area contributed by atoms with Gasteiger partial charge < -0.3 is 14.5 Å². The van der Waals surface area contributed by atoms with E-state index in [1.807, 2.05) is 18.2 Å². The molecule has 0 aliphatic heterocycles. The van der Waals surface area contributed by atoms with Gasteiger partial charge in [0.15, 0.2) is 0 Å². The molecule has 0 spiro atoms. The van der Waals surface area contributed by atoms with Crippen molar-refractivity contribution in [3.63, 3.8) is 0 Å². The van der Waals surface area contributed by atoms with Gasteiger partial charge in [0.1, 0.15) is 17.3 Å². The van der Waals surface area contributed by atoms with Crippen LogP contribution in [0.2, 0.25) is 0 Å². The first-order valence-electron chi connectivity index (χ1n) is 8.38. The molecule has 2 unspecified atom stereocenters. The minimum absolute atomic E-state index is 0.0183.